The van der Waals surface area contributed by atoms with Gasteiger partial charge in [-0.25, -0.2) is 0 Å². The molecule has 0 fully saturated rings. The number of hydrazine groups is 1. The topological polar surface area (TPSA) is 114 Å². The average molecular weight is 480 g/mol. The quantitative estimate of drug-likeness (QED) is 0.339. The van der Waals surface area contributed by atoms with Gasteiger partial charge in [0.15, 0.2) is 11.9 Å². The molecule has 8 nitrogen and oxygen atoms in total. The number of ether oxygens (including phenoxy) is 1. The van der Waals surface area contributed by atoms with Crippen molar-refractivity contribution in [1.29, 1.82) is 0 Å². The third kappa shape index (κ3) is 6.91. The number of ketones is 1. The number of rotatable bonds is 8. The number of carbonyl (C=O) groups excluding carboxylic acids is 4. The summed E-state index contributed by atoms with van der Waals surface area (Å²) in [6.45, 7) is 1.17. The van der Waals surface area contributed by atoms with Crippen molar-refractivity contribution in [3.63, 3.8) is 0 Å². The van der Waals surface area contributed by atoms with Gasteiger partial charge in [0.05, 0.1) is 6.54 Å². The monoisotopic (exact) mass is 479 g/mol. The Kier molecular flexibility index (Phi) is 8.37. The second-order valence-corrected chi connectivity index (χ2v) is 7.64. The van der Waals surface area contributed by atoms with E-state index >= 15 is 0 Å². The van der Waals surface area contributed by atoms with Gasteiger partial charge in [0.1, 0.15) is 5.75 Å². The van der Waals surface area contributed by atoms with Crippen molar-refractivity contribution in [2.24, 2.45) is 0 Å². The summed E-state index contributed by atoms with van der Waals surface area (Å²) in [7, 11) is 0. The van der Waals surface area contributed by atoms with E-state index in [0.717, 1.165) is 0 Å². The van der Waals surface area contributed by atoms with E-state index in [1.54, 1.807) is 60.7 Å². The van der Waals surface area contributed by atoms with E-state index in [0.29, 0.717) is 27.5 Å². The molecule has 3 aromatic rings. The highest BCUT2D eigenvalue weighted by Crippen LogP contribution is 2.16. The van der Waals surface area contributed by atoms with Gasteiger partial charge in [0.2, 0.25) is 0 Å². The van der Waals surface area contributed by atoms with Gasteiger partial charge in [-0.3, -0.25) is 30.0 Å². The van der Waals surface area contributed by atoms with Crippen molar-refractivity contribution in [3.05, 3.63) is 101 Å². The Morgan fingerprint density at radius 2 is 1.38 bits per heavy atom. The molecule has 3 aromatic carbocycles. The summed E-state index contributed by atoms with van der Waals surface area (Å²) in [4.78, 5) is 48.5. The average Bonchev–Trinajstić information content (AvgIpc) is 2.86. The molecule has 0 bridgehead atoms. The fraction of sp³-hybridized carbons (Fsp3) is 0.120. The summed E-state index contributed by atoms with van der Waals surface area (Å²) in [6.07, 6.45) is -0.931. The van der Waals surface area contributed by atoms with Crippen LogP contribution in [0, 0.1) is 0 Å². The minimum absolute atomic E-state index is 0.121. The van der Waals surface area contributed by atoms with Crippen molar-refractivity contribution in [1.82, 2.24) is 16.2 Å². The molecule has 0 saturated carbocycles. The fourth-order valence-corrected chi connectivity index (χ4v) is 2.97. The maximum Gasteiger partial charge on any atom is 0.279 e. The highest BCUT2D eigenvalue weighted by Gasteiger charge is 2.16. The Balaban J connectivity index is 1.42. The van der Waals surface area contributed by atoms with Crippen LogP contribution in [0.1, 0.15) is 33.2 Å². The summed E-state index contributed by atoms with van der Waals surface area (Å²) in [5.41, 5.74) is 5.86. The first-order valence-corrected chi connectivity index (χ1v) is 10.7. The first-order valence-electron chi connectivity index (χ1n) is 10.3. The van der Waals surface area contributed by atoms with Gasteiger partial charge in [0, 0.05) is 21.7 Å². The van der Waals surface area contributed by atoms with Crippen LogP contribution >= 0.6 is 11.6 Å². The molecule has 34 heavy (non-hydrogen) atoms. The molecule has 0 unspecified atom stereocenters. The van der Waals surface area contributed by atoms with Crippen LogP contribution in [0.25, 0.3) is 0 Å². The summed E-state index contributed by atoms with van der Waals surface area (Å²) in [5.74, 6) is -1.41. The van der Waals surface area contributed by atoms with E-state index in [1.807, 2.05) is 6.07 Å². The van der Waals surface area contributed by atoms with E-state index < -0.39 is 23.8 Å². The van der Waals surface area contributed by atoms with E-state index in [9.17, 15) is 19.2 Å². The van der Waals surface area contributed by atoms with Crippen molar-refractivity contribution in [2.45, 2.75) is 13.0 Å². The molecule has 0 spiro atoms. The van der Waals surface area contributed by atoms with Gasteiger partial charge < -0.3 is 10.1 Å². The SMILES string of the molecule is C[C@H](Oc1ccc(C(=O)c2ccccc2)cc1)C(=O)NNC(=O)CNC(=O)c1ccc(Cl)cc1. The molecule has 1 atom stereocenters. The second-order valence-electron chi connectivity index (χ2n) is 7.21. The van der Waals surface area contributed by atoms with Gasteiger partial charge >= 0.3 is 0 Å². The van der Waals surface area contributed by atoms with Crippen LogP contribution in [0.3, 0.4) is 0 Å². The Morgan fingerprint density at radius 1 is 0.794 bits per heavy atom. The zero-order valence-corrected chi connectivity index (χ0v) is 19.0. The molecule has 0 saturated heterocycles. The smallest absolute Gasteiger partial charge is 0.279 e. The molecule has 0 radical (unpaired) electrons. The third-order valence-corrected chi connectivity index (χ3v) is 4.93. The zero-order valence-electron chi connectivity index (χ0n) is 18.2. The number of amides is 3. The van der Waals surface area contributed by atoms with Crippen molar-refractivity contribution >= 4 is 35.1 Å². The standard InChI is InChI=1S/C25H22ClN3O5/c1-16(34-21-13-9-18(10-14-21)23(31)17-5-3-2-4-6-17)24(32)29-28-22(30)15-27-25(33)19-7-11-20(26)12-8-19/h2-14,16H,15H2,1H3,(H,27,33)(H,28,30)(H,29,32)/t16-/m0/s1. The van der Waals surface area contributed by atoms with E-state index in [2.05, 4.69) is 16.2 Å². The van der Waals surface area contributed by atoms with Crippen LogP contribution < -0.4 is 20.9 Å². The molecule has 0 aliphatic rings. The third-order valence-electron chi connectivity index (χ3n) is 4.68. The molecular formula is C25H22ClN3O5. The highest BCUT2D eigenvalue weighted by atomic mass is 35.5. The molecule has 9 heteroatoms. The minimum Gasteiger partial charge on any atom is -0.481 e. The van der Waals surface area contributed by atoms with Gasteiger partial charge in [-0.2, -0.15) is 0 Å². The molecule has 3 N–H and O–H groups in total. The maximum absolute atomic E-state index is 12.4. The lowest BCUT2D eigenvalue weighted by Crippen LogP contribution is -2.50. The van der Waals surface area contributed by atoms with E-state index in [-0.39, 0.29) is 12.3 Å². The van der Waals surface area contributed by atoms with Gasteiger partial charge in [0.25, 0.3) is 17.7 Å². The number of hydrogen-bond acceptors (Lipinski definition) is 5. The van der Waals surface area contributed by atoms with Crippen LogP contribution in [-0.4, -0.2) is 36.2 Å². The fourth-order valence-electron chi connectivity index (χ4n) is 2.84. The molecule has 174 valence electrons. The number of nitrogens with one attached hydrogen (secondary N) is 3. The molecule has 3 amide bonds. The zero-order chi connectivity index (χ0) is 24.5. The van der Waals surface area contributed by atoms with E-state index in [4.69, 9.17) is 16.3 Å². The summed E-state index contributed by atoms with van der Waals surface area (Å²) < 4.78 is 5.56. The van der Waals surface area contributed by atoms with Crippen LogP contribution in [0.5, 0.6) is 5.75 Å². The first-order chi connectivity index (χ1) is 16.3. The predicted octanol–water partition coefficient (Wildman–Crippen LogP) is 2.92. The maximum atomic E-state index is 12.4. The van der Waals surface area contributed by atoms with Crippen molar-refractivity contribution < 1.29 is 23.9 Å². The molecule has 0 aliphatic carbocycles. The van der Waals surface area contributed by atoms with Gasteiger partial charge in [-0.15, -0.1) is 0 Å². The Labute approximate surface area is 201 Å². The number of benzene rings is 3. The lowest BCUT2D eigenvalue weighted by molar-refractivity contribution is -0.132. The van der Waals surface area contributed by atoms with Crippen LogP contribution in [-0.2, 0) is 9.59 Å². The van der Waals surface area contributed by atoms with Crippen molar-refractivity contribution in [3.8, 4) is 5.75 Å². The van der Waals surface area contributed by atoms with Crippen molar-refractivity contribution in [2.75, 3.05) is 6.54 Å². The second kappa shape index (κ2) is 11.6. The minimum atomic E-state index is -0.931. The largest absolute Gasteiger partial charge is 0.481 e. The summed E-state index contributed by atoms with van der Waals surface area (Å²) in [6, 6.07) is 21.5. The Morgan fingerprint density at radius 3 is 2.03 bits per heavy atom. The van der Waals surface area contributed by atoms with Gasteiger partial charge in [-0.1, -0.05) is 41.9 Å². The first kappa shape index (κ1) is 24.5. The van der Waals surface area contributed by atoms with Crippen LogP contribution in [0.2, 0.25) is 5.02 Å². The van der Waals surface area contributed by atoms with E-state index in [1.165, 1.54) is 19.1 Å². The van der Waals surface area contributed by atoms with Gasteiger partial charge in [-0.05, 0) is 55.5 Å². The number of carbonyl (C=O) groups is 4. The lowest BCUT2D eigenvalue weighted by Gasteiger charge is -2.15. The lowest BCUT2D eigenvalue weighted by atomic mass is 10.0. The number of halogens is 1. The summed E-state index contributed by atoms with van der Waals surface area (Å²) in [5, 5.41) is 2.92. The number of hydrogen-bond donors (Lipinski definition) is 3. The normalized spacial score (nSPS) is 11.1. The molecule has 0 heterocycles. The predicted molar refractivity (Wildman–Crippen MR) is 126 cm³/mol. The Bertz CT molecular complexity index is 1170. The molecule has 3 rings (SSSR count). The summed E-state index contributed by atoms with van der Waals surface area (Å²) >= 11 is 5.77. The Hall–Kier alpha value is -4.17. The van der Waals surface area contributed by atoms with Crippen LogP contribution in [0.15, 0.2) is 78.9 Å². The molecule has 0 aromatic heterocycles. The molecule has 0 aliphatic heterocycles. The highest BCUT2D eigenvalue weighted by molar-refractivity contribution is 6.30. The van der Waals surface area contributed by atoms with Crippen LogP contribution in [0.4, 0.5) is 0 Å². The molecular weight excluding hydrogens is 458 g/mol.